The van der Waals surface area contributed by atoms with Crippen LogP contribution in [0, 0.1) is 11.7 Å². The lowest BCUT2D eigenvalue weighted by Crippen LogP contribution is -2.29. The average Bonchev–Trinajstić information content (AvgIpc) is 3.52. The molecule has 2 N–H and O–H groups in total. The van der Waals surface area contributed by atoms with Crippen molar-refractivity contribution < 1.29 is 27.1 Å². The molecular weight excluding hydrogens is 453 g/mol. The van der Waals surface area contributed by atoms with E-state index in [-0.39, 0.29) is 30.6 Å². The zero-order valence-electron chi connectivity index (χ0n) is 18.0. The molecule has 2 fully saturated rings. The summed E-state index contributed by atoms with van der Waals surface area (Å²) in [5.41, 5.74) is 1.13. The Kier molecular flexibility index (Phi) is 6.56. The highest BCUT2D eigenvalue weighted by atomic mass is 32.2. The van der Waals surface area contributed by atoms with Gasteiger partial charge in [0.25, 0.3) is 0 Å². The Balaban J connectivity index is 1.35. The second-order valence-electron chi connectivity index (χ2n) is 8.26. The molecule has 0 spiro atoms. The first-order valence-corrected chi connectivity index (χ1v) is 12.1. The van der Waals surface area contributed by atoms with Crippen LogP contribution in [-0.4, -0.2) is 48.4 Å². The van der Waals surface area contributed by atoms with Crippen LogP contribution in [0.4, 0.5) is 9.18 Å². The normalized spacial score (nSPS) is 17.2. The number of carbonyl (C=O) groups excluding carboxylic acids is 2. The van der Waals surface area contributed by atoms with E-state index in [9.17, 15) is 22.4 Å². The maximum Gasteiger partial charge on any atom is 0.324 e. The molecule has 1 saturated carbocycles. The van der Waals surface area contributed by atoms with Crippen LogP contribution in [0.3, 0.4) is 0 Å². The van der Waals surface area contributed by atoms with Crippen LogP contribution < -0.4 is 14.8 Å². The molecule has 2 heterocycles. The van der Waals surface area contributed by atoms with E-state index < -0.39 is 33.7 Å². The molecule has 10 nitrogen and oxygen atoms in total. The van der Waals surface area contributed by atoms with Crippen LogP contribution in [0.15, 0.2) is 30.6 Å². The maximum atomic E-state index is 14.0. The summed E-state index contributed by atoms with van der Waals surface area (Å²) < 4.78 is 47.3. The Morgan fingerprint density at radius 3 is 2.64 bits per heavy atom. The first kappa shape index (κ1) is 23.1. The Hall–Kier alpha value is -3.12. The summed E-state index contributed by atoms with van der Waals surface area (Å²) in [6.45, 7) is 2.19. The lowest BCUT2D eigenvalue weighted by atomic mass is 10.1. The number of ether oxygens (including phenoxy) is 1. The molecule has 1 atom stereocenters. The first-order chi connectivity index (χ1) is 15.7. The number of halogens is 1. The molecule has 1 aromatic heterocycles. The molecule has 1 aromatic carbocycles. The number of amides is 3. The number of hydrogen-bond acceptors (Lipinski definition) is 7. The SMILES string of the molecule is C[C@@H](NS(=O)(=O)Cc1ncc(CN2CC(=O)NC2=O)cn1)c1ccc(F)c(OCC2CC2)c1. The summed E-state index contributed by atoms with van der Waals surface area (Å²) in [5.74, 6) is -0.673. The standard InChI is InChI=1S/C21H24FN5O5S/c1-13(16-4-5-17(22)18(6-16)32-11-14-2-3-14)26-33(30,31)12-19-23-7-15(8-24-19)9-27-10-20(28)25-21(27)29/h4-8,13-14,26H,2-3,9-12H2,1H3,(H,25,28,29)/t13-/m1/s1. The van der Waals surface area contributed by atoms with Crippen molar-refractivity contribution in [3.63, 3.8) is 0 Å². The van der Waals surface area contributed by atoms with E-state index in [1.807, 2.05) is 0 Å². The van der Waals surface area contributed by atoms with E-state index in [0.717, 1.165) is 12.8 Å². The number of hydrogen-bond donors (Lipinski definition) is 2. The second-order valence-corrected chi connectivity index (χ2v) is 10.0. The highest BCUT2D eigenvalue weighted by molar-refractivity contribution is 7.88. The largest absolute Gasteiger partial charge is 0.490 e. The molecule has 176 valence electrons. The fraction of sp³-hybridized carbons (Fsp3) is 0.429. The number of urea groups is 1. The molecule has 12 heteroatoms. The topological polar surface area (TPSA) is 131 Å². The van der Waals surface area contributed by atoms with Gasteiger partial charge < -0.3 is 9.64 Å². The van der Waals surface area contributed by atoms with Crippen molar-refractivity contribution in [2.24, 2.45) is 5.92 Å². The van der Waals surface area contributed by atoms with E-state index in [4.69, 9.17) is 4.74 Å². The van der Waals surface area contributed by atoms with Gasteiger partial charge in [-0.3, -0.25) is 10.1 Å². The molecule has 4 rings (SSSR count). The first-order valence-electron chi connectivity index (χ1n) is 10.5. The number of rotatable bonds is 10. The minimum atomic E-state index is -3.80. The number of nitrogens with one attached hydrogen (secondary N) is 2. The maximum absolute atomic E-state index is 14.0. The summed E-state index contributed by atoms with van der Waals surface area (Å²) in [6, 6.07) is 3.17. The van der Waals surface area contributed by atoms with Crippen LogP contribution >= 0.6 is 0 Å². The number of sulfonamides is 1. The van der Waals surface area contributed by atoms with E-state index in [1.54, 1.807) is 6.92 Å². The highest BCUT2D eigenvalue weighted by Gasteiger charge is 2.27. The minimum Gasteiger partial charge on any atom is -0.490 e. The number of carbonyl (C=O) groups is 2. The molecule has 0 radical (unpaired) electrons. The molecule has 33 heavy (non-hydrogen) atoms. The van der Waals surface area contributed by atoms with Gasteiger partial charge in [0, 0.05) is 24.0 Å². The second kappa shape index (κ2) is 9.40. The van der Waals surface area contributed by atoms with Crippen LogP contribution in [0.5, 0.6) is 5.75 Å². The van der Waals surface area contributed by atoms with E-state index in [2.05, 4.69) is 20.0 Å². The van der Waals surface area contributed by atoms with Crippen LogP contribution in [0.25, 0.3) is 0 Å². The van der Waals surface area contributed by atoms with Crippen LogP contribution in [0.2, 0.25) is 0 Å². The smallest absolute Gasteiger partial charge is 0.324 e. The summed E-state index contributed by atoms with van der Waals surface area (Å²) >= 11 is 0. The molecule has 1 aliphatic heterocycles. The predicted molar refractivity (Wildman–Crippen MR) is 115 cm³/mol. The summed E-state index contributed by atoms with van der Waals surface area (Å²) in [6.07, 6.45) is 4.99. The van der Waals surface area contributed by atoms with Gasteiger partial charge >= 0.3 is 6.03 Å². The lowest BCUT2D eigenvalue weighted by molar-refractivity contribution is -0.118. The lowest BCUT2D eigenvalue weighted by Gasteiger charge is -2.16. The third-order valence-corrected chi connectivity index (χ3v) is 6.65. The van der Waals surface area contributed by atoms with Crippen molar-refractivity contribution in [2.45, 2.75) is 38.1 Å². The third-order valence-electron chi connectivity index (χ3n) is 5.30. The van der Waals surface area contributed by atoms with Crippen molar-refractivity contribution in [2.75, 3.05) is 13.2 Å². The molecule has 3 amide bonds. The predicted octanol–water partition coefficient (Wildman–Crippen LogP) is 1.64. The van der Waals surface area contributed by atoms with Gasteiger partial charge in [0.2, 0.25) is 15.9 Å². The molecular formula is C21H24FN5O5S. The number of imide groups is 1. The Bertz CT molecular complexity index is 1150. The van der Waals surface area contributed by atoms with Gasteiger partial charge in [0.05, 0.1) is 13.2 Å². The minimum absolute atomic E-state index is 0.0481. The quantitative estimate of drug-likeness (QED) is 0.498. The van der Waals surface area contributed by atoms with Crippen molar-refractivity contribution in [1.82, 2.24) is 24.9 Å². The molecule has 0 unspecified atom stereocenters. The third kappa shape index (κ3) is 6.23. The van der Waals surface area contributed by atoms with Gasteiger partial charge in [-0.15, -0.1) is 0 Å². The molecule has 1 aliphatic carbocycles. The molecule has 0 bridgehead atoms. The zero-order valence-corrected chi connectivity index (χ0v) is 18.8. The van der Waals surface area contributed by atoms with E-state index >= 15 is 0 Å². The number of benzene rings is 1. The van der Waals surface area contributed by atoms with Crippen LogP contribution in [0.1, 0.15) is 42.8 Å². The fourth-order valence-corrected chi connectivity index (χ4v) is 4.56. The van der Waals surface area contributed by atoms with Gasteiger partial charge in [-0.05, 0) is 43.4 Å². The van der Waals surface area contributed by atoms with Crippen molar-refractivity contribution >= 4 is 22.0 Å². The van der Waals surface area contributed by atoms with Gasteiger partial charge in [0.1, 0.15) is 18.1 Å². The summed E-state index contributed by atoms with van der Waals surface area (Å²) in [5, 5.41) is 2.17. The number of nitrogens with zero attached hydrogens (tertiary/aromatic N) is 3. The Labute approximate surface area is 190 Å². The monoisotopic (exact) mass is 477 g/mol. The van der Waals surface area contributed by atoms with Gasteiger partial charge in [-0.25, -0.2) is 32.3 Å². The van der Waals surface area contributed by atoms with Crippen molar-refractivity contribution in [3.05, 3.63) is 53.4 Å². The molecule has 2 aliphatic rings. The van der Waals surface area contributed by atoms with Crippen molar-refractivity contribution in [1.29, 1.82) is 0 Å². The van der Waals surface area contributed by atoms with Gasteiger partial charge in [-0.2, -0.15) is 0 Å². The summed E-state index contributed by atoms with van der Waals surface area (Å²) in [4.78, 5) is 32.3. The van der Waals surface area contributed by atoms with Gasteiger partial charge in [0.15, 0.2) is 11.6 Å². The van der Waals surface area contributed by atoms with E-state index in [1.165, 1.54) is 35.5 Å². The fourth-order valence-electron chi connectivity index (χ4n) is 3.31. The number of aromatic nitrogens is 2. The highest BCUT2D eigenvalue weighted by Crippen LogP contribution is 2.31. The molecule has 1 saturated heterocycles. The summed E-state index contributed by atoms with van der Waals surface area (Å²) in [7, 11) is -3.80. The Morgan fingerprint density at radius 2 is 2.00 bits per heavy atom. The molecule has 2 aromatic rings. The van der Waals surface area contributed by atoms with Gasteiger partial charge in [-0.1, -0.05) is 6.07 Å². The Morgan fingerprint density at radius 1 is 1.27 bits per heavy atom. The van der Waals surface area contributed by atoms with E-state index in [0.29, 0.717) is 23.7 Å². The van der Waals surface area contributed by atoms with Crippen LogP contribution in [-0.2, 0) is 27.1 Å². The zero-order chi connectivity index (χ0) is 23.6. The average molecular weight is 478 g/mol. The van der Waals surface area contributed by atoms with Crippen molar-refractivity contribution in [3.8, 4) is 5.75 Å².